The first kappa shape index (κ1) is 20.6. The lowest BCUT2D eigenvalue weighted by atomic mass is 10.1. The van der Waals surface area contributed by atoms with Crippen LogP contribution in [0.2, 0.25) is 0 Å². The van der Waals surface area contributed by atoms with E-state index in [-0.39, 0.29) is 4.90 Å². The van der Waals surface area contributed by atoms with Crippen LogP contribution >= 0.6 is 0 Å². The SMILES string of the molecule is O=C(CN(c1ccccc1)S(=O)(=O)c1ccc(F)cc1)Nc1ccc2ccccc2c1. The highest BCUT2D eigenvalue weighted by Gasteiger charge is 2.27. The van der Waals surface area contributed by atoms with Gasteiger partial charge in [0.1, 0.15) is 12.4 Å². The van der Waals surface area contributed by atoms with Crippen molar-refractivity contribution in [3.8, 4) is 0 Å². The zero-order chi connectivity index (χ0) is 21.8. The van der Waals surface area contributed by atoms with E-state index in [4.69, 9.17) is 0 Å². The van der Waals surface area contributed by atoms with Crippen LogP contribution < -0.4 is 9.62 Å². The number of halogens is 1. The summed E-state index contributed by atoms with van der Waals surface area (Å²) in [7, 11) is -4.09. The summed E-state index contributed by atoms with van der Waals surface area (Å²) in [5.41, 5.74) is 0.899. The van der Waals surface area contributed by atoms with Gasteiger partial charge in [-0.2, -0.15) is 0 Å². The molecule has 1 N–H and O–H groups in total. The number of para-hydroxylation sites is 1. The second kappa shape index (κ2) is 8.57. The number of anilines is 2. The zero-order valence-electron chi connectivity index (χ0n) is 16.4. The zero-order valence-corrected chi connectivity index (χ0v) is 17.2. The first-order valence-corrected chi connectivity index (χ1v) is 11.0. The normalized spacial score (nSPS) is 11.3. The van der Waals surface area contributed by atoms with E-state index in [1.807, 2.05) is 36.4 Å². The highest BCUT2D eigenvalue weighted by atomic mass is 32.2. The van der Waals surface area contributed by atoms with E-state index in [0.717, 1.165) is 27.2 Å². The van der Waals surface area contributed by atoms with Gasteiger partial charge in [0.05, 0.1) is 10.6 Å². The molecule has 0 aromatic heterocycles. The smallest absolute Gasteiger partial charge is 0.264 e. The van der Waals surface area contributed by atoms with Gasteiger partial charge in [0.15, 0.2) is 0 Å². The molecule has 0 aliphatic heterocycles. The van der Waals surface area contributed by atoms with Crippen molar-refractivity contribution < 1.29 is 17.6 Å². The standard InChI is InChI=1S/C24H19FN2O3S/c25-20-11-14-23(15-12-20)31(29,30)27(22-8-2-1-3-9-22)17-24(28)26-21-13-10-18-6-4-5-7-19(18)16-21/h1-16H,17H2,(H,26,28). The Balaban J connectivity index is 1.62. The minimum atomic E-state index is -4.09. The average Bonchev–Trinajstić information content (AvgIpc) is 2.78. The van der Waals surface area contributed by atoms with E-state index in [2.05, 4.69) is 5.32 Å². The molecule has 0 radical (unpaired) electrons. The third kappa shape index (κ3) is 4.57. The maximum absolute atomic E-state index is 13.3. The summed E-state index contributed by atoms with van der Waals surface area (Å²) >= 11 is 0. The number of nitrogens with zero attached hydrogens (tertiary/aromatic N) is 1. The first-order chi connectivity index (χ1) is 14.9. The maximum atomic E-state index is 13.3. The number of benzene rings is 4. The van der Waals surface area contributed by atoms with Crippen molar-refractivity contribution in [3.63, 3.8) is 0 Å². The van der Waals surface area contributed by atoms with Crippen molar-refractivity contribution in [1.29, 1.82) is 0 Å². The van der Waals surface area contributed by atoms with Crippen molar-refractivity contribution in [3.05, 3.63) is 103 Å². The number of nitrogens with one attached hydrogen (secondary N) is 1. The predicted octanol–water partition coefficient (Wildman–Crippen LogP) is 4.81. The Bertz CT molecular complexity index is 1320. The molecule has 0 spiro atoms. The second-order valence-corrected chi connectivity index (χ2v) is 8.77. The number of sulfonamides is 1. The van der Waals surface area contributed by atoms with Gasteiger partial charge in [-0.15, -0.1) is 0 Å². The number of fused-ring (bicyclic) bond motifs is 1. The molecule has 1 amide bonds. The molecule has 0 unspecified atom stereocenters. The van der Waals surface area contributed by atoms with Crippen molar-refractivity contribution in [2.24, 2.45) is 0 Å². The van der Waals surface area contributed by atoms with Crippen molar-refractivity contribution in [2.75, 3.05) is 16.2 Å². The lowest BCUT2D eigenvalue weighted by molar-refractivity contribution is -0.114. The van der Waals surface area contributed by atoms with Gasteiger partial charge in [0, 0.05) is 5.69 Å². The molecule has 0 heterocycles. The molecule has 0 aliphatic carbocycles. The number of carbonyl (C=O) groups excluding carboxylic acids is 1. The Morgan fingerprint density at radius 2 is 1.45 bits per heavy atom. The lowest BCUT2D eigenvalue weighted by Gasteiger charge is -2.24. The largest absolute Gasteiger partial charge is 0.324 e. The third-order valence-electron chi connectivity index (χ3n) is 4.77. The summed E-state index contributed by atoms with van der Waals surface area (Å²) in [5, 5.41) is 4.75. The van der Waals surface area contributed by atoms with Crippen LogP contribution in [-0.2, 0) is 14.8 Å². The van der Waals surface area contributed by atoms with Gasteiger partial charge in [0.2, 0.25) is 5.91 Å². The number of hydrogen-bond donors (Lipinski definition) is 1. The summed E-state index contributed by atoms with van der Waals surface area (Å²) in [6.45, 7) is -0.434. The number of rotatable bonds is 6. The molecule has 0 saturated carbocycles. The van der Waals surface area contributed by atoms with Gasteiger partial charge in [-0.25, -0.2) is 12.8 Å². The van der Waals surface area contributed by atoms with E-state index in [9.17, 15) is 17.6 Å². The summed E-state index contributed by atoms with van der Waals surface area (Å²) in [5.74, 6) is -1.04. The van der Waals surface area contributed by atoms with Gasteiger partial charge in [-0.3, -0.25) is 9.10 Å². The first-order valence-electron chi connectivity index (χ1n) is 9.55. The van der Waals surface area contributed by atoms with Crippen LogP contribution in [0, 0.1) is 5.82 Å². The average molecular weight is 434 g/mol. The van der Waals surface area contributed by atoms with E-state index in [0.29, 0.717) is 11.4 Å². The molecule has 4 aromatic rings. The summed E-state index contributed by atoms with van der Waals surface area (Å²) in [4.78, 5) is 12.7. The fraction of sp³-hybridized carbons (Fsp3) is 0.0417. The predicted molar refractivity (Wildman–Crippen MR) is 120 cm³/mol. The monoisotopic (exact) mass is 434 g/mol. The number of carbonyl (C=O) groups is 1. The minimum Gasteiger partial charge on any atom is -0.324 e. The number of hydrogen-bond acceptors (Lipinski definition) is 3. The summed E-state index contributed by atoms with van der Waals surface area (Å²) in [6, 6.07) is 26.0. The minimum absolute atomic E-state index is 0.101. The van der Waals surface area contributed by atoms with E-state index < -0.39 is 28.3 Å². The van der Waals surface area contributed by atoms with E-state index in [1.54, 1.807) is 36.4 Å². The quantitative estimate of drug-likeness (QED) is 0.473. The fourth-order valence-electron chi connectivity index (χ4n) is 3.24. The molecule has 0 bridgehead atoms. The van der Waals surface area contributed by atoms with Crippen LogP contribution in [0.4, 0.5) is 15.8 Å². The summed E-state index contributed by atoms with van der Waals surface area (Å²) in [6.07, 6.45) is 0. The highest BCUT2D eigenvalue weighted by molar-refractivity contribution is 7.92. The highest BCUT2D eigenvalue weighted by Crippen LogP contribution is 2.24. The molecule has 7 heteroatoms. The van der Waals surface area contributed by atoms with Gasteiger partial charge in [0.25, 0.3) is 10.0 Å². The van der Waals surface area contributed by atoms with E-state index in [1.165, 1.54) is 12.1 Å². The molecule has 0 atom stereocenters. The molecule has 31 heavy (non-hydrogen) atoms. The molecule has 4 aromatic carbocycles. The van der Waals surface area contributed by atoms with Gasteiger partial charge >= 0.3 is 0 Å². The molecule has 0 saturated heterocycles. The topological polar surface area (TPSA) is 66.5 Å². The van der Waals surface area contributed by atoms with E-state index >= 15 is 0 Å². The molecular weight excluding hydrogens is 415 g/mol. The van der Waals surface area contributed by atoms with Gasteiger partial charge in [-0.05, 0) is 59.3 Å². The second-order valence-electron chi connectivity index (χ2n) is 6.91. The van der Waals surface area contributed by atoms with Gasteiger partial charge < -0.3 is 5.32 Å². The van der Waals surface area contributed by atoms with Gasteiger partial charge in [-0.1, -0.05) is 48.5 Å². The Morgan fingerprint density at radius 3 is 2.16 bits per heavy atom. The molecular formula is C24H19FN2O3S. The maximum Gasteiger partial charge on any atom is 0.264 e. The van der Waals surface area contributed by atoms with Crippen LogP contribution in [-0.4, -0.2) is 20.9 Å². The Labute approximate surface area is 179 Å². The van der Waals surface area contributed by atoms with Crippen LogP contribution in [0.15, 0.2) is 102 Å². The number of amides is 1. The van der Waals surface area contributed by atoms with Crippen LogP contribution in [0.3, 0.4) is 0 Å². The lowest BCUT2D eigenvalue weighted by Crippen LogP contribution is -2.38. The van der Waals surface area contributed by atoms with Crippen LogP contribution in [0.5, 0.6) is 0 Å². The van der Waals surface area contributed by atoms with Crippen LogP contribution in [0.1, 0.15) is 0 Å². The van der Waals surface area contributed by atoms with Crippen LogP contribution in [0.25, 0.3) is 10.8 Å². The van der Waals surface area contributed by atoms with Crippen molar-refractivity contribution >= 4 is 38.1 Å². The van der Waals surface area contributed by atoms with Crippen molar-refractivity contribution in [2.45, 2.75) is 4.90 Å². The van der Waals surface area contributed by atoms with Crippen molar-refractivity contribution in [1.82, 2.24) is 0 Å². The third-order valence-corrected chi connectivity index (χ3v) is 6.55. The summed E-state index contributed by atoms with van der Waals surface area (Å²) < 4.78 is 40.8. The molecule has 4 rings (SSSR count). The molecule has 0 fully saturated rings. The fourth-order valence-corrected chi connectivity index (χ4v) is 4.66. The molecule has 156 valence electrons. The molecule has 0 aliphatic rings. The Kier molecular flexibility index (Phi) is 5.68. The Hall–Kier alpha value is -3.71. The molecule has 5 nitrogen and oxygen atoms in total. The Morgan fingerprint density at radius 1 is 0.806 bits per heavy atom.